The number of amides is 3. The van der Waals surface area contributed by atoms with Crippen LogP contribution in [-0.2, 0) is 14.3 Å². The van der Waals surface area contributed by atoms with Crippen LogP contribution in [0.1, 0.15) is 68.6 Å². The van der Waals surface area contributed by atoms with E-state index >= 15 is 0 Å². The Morgan fingerprint density at radius 3 is 2.67 bits per heavy atom. The summed E-state index contributed by atoms with van der Waals surface area (Å²) in [5.41, 5.74) is 1.07. The number of fused-ring (bicyclic) bond motifs is 2. The molecule has 0 radical (unpaired) electrons. The summed E-state index contributed by atoms with van der Waals surface area (Å²) < 4.78 is 12.2. The Balaban J connectivity index is 1.46. The molecule has 4 rings (SSSR count). The molecule has 2 heterocycles. The minimum absolute atomic E-state index is 0.0229. The molecule has 3 aliphatic rings. The monoisotopic (exact) mass is 457 g/mol. The van der Waals surface area contributed by atoms with Gasteiger partial charge >= 0.3 is 0 Å². The number of carbonyl (C=O) groups is 3. The van der Waals surface area contributed by atoms with E-state index < -0.39 is 0 Å². The van der Waals surface area contributed by atoms with Gasteiger partial charge in [-0.3, -0.25) is 14.4 Å². The Kier molecular flexibility index (Phi) is 7.53. The van der Waals surface area contributed by atoms with E-state index in [1.165, 1.54) is 6.42 Å². The highest BCUT2D eigenvalue weighted by molar-refractivity contribution is 6.00. The molecule has 0 spiro atoms. The van der Waals surface area contributed by atoms with Gasteiger partial charge in [-0.2, -0.15) is 0 Å². The Bertz CT molecular complexity index is 883. The van der Waals surface area contributed by atoms with Gasteiger partial charge in [0.2, 0.25) is 11.8 Å². The molecule has 180 valence electrons. The number of hydrogen-bond donors (Lipinski definition) is 2. The van der Waals surface area contributed by atoms with Crippen LogP contribution >= 0.6 is 0 Å². The Morgan fingerprint density at radius 1 is 1.12 bits per heavy atom. The number of likely N-dealkylation sites (N-methyl/N-ethyl adjacent to an activating group) is 1. The van der Waals surface area contributed by atoms with Gasteiger partial charge in [-0.1, -0.05) is 19.3 Å². The van der Waals surface area contributed by atoms with Crippen LogP contribution in [0.3, 0.4) is 0 Å². The van der Waals surface area contributed by atoms with Crippen LogP contribution in [0.5, 0.6) is 5.75 Å². The van der Waals surface area contributed by atoms with Gasteiger partial charge < -0.3 is 25.0 Å². The number of nitrogens with zero attached hydrogens (tertiary/aromatic N) is 1. The molecule has 0 aromatic heterocycles. The van der Waals surface area contributed by atoms with Crippen LogP contribution in [0.15, 0.2) is 18.2 Å². The van der Waals surface area contributed by atoms with Crippen molar-refractivity contribution < 1.29 is 23.9 Å². The second kappa shape index (κ2) is 10.5. The highest BCUT2D eigenvalue weighted by Gasteiger charge is 2.39. The lowest BCUT2D eigenvalue weighted by Crippen LogP contribution is -2.54. The first kappa shape index (κ1) is 23.5. The SMILES string of the molecule is CCNC(=O)C[C@@H]1CC[C@H]2[C@H](COc3ccc(NC(=O)C4CCCCC4)cc3C(=O)N2C)O1. The lowest BCUT2D eigenvalue weighted by molar-refractivity contribution is -0.134. The molecule has 33 heavy (non-hydrogen) atoms. The number of anilines is 1. The van der Waals surface area contributed by atoms with E-state index in [-0.39, 0.29) is 41.9 Å². The van der Waals surface area contributed by atoms with Crippen molar-refractivity contribution in [1.82, 2.24) is 10.2 Å². The predicted octanol–water partition coefficient (Wildman–Crippen LogP) is 3.11. The average Bonchev–Trinajstić information content (AvgIpc) is 2.82. The molecule has 1 saturated heterocycles. The number of ether oxygens (including phenoxy) is 2. The number of nitrogens with one attached hydrogen (secondary N) is 2. The molecule has 8 nitrogen and oxygen atoms in total. The maximum Gasteiger partial charge on any atom is 0.257 e. The van der Waals surface area contributed by atoms with Crippen molar-refractivity contribution in [3.63, 3.8) is 0 Å². The fourth-order valence-corrected chi connectivity index (χ4v) is 5.19. The number of rotatable bonds is 5. The van der Waals surface area contributed by atoms with Crippen molar-refractivity contribution in [2.75, 3.05) is 25.5 Å². The minimum atomic E-state index is -0.300. The van der Waals surface area contributed by atoms with Gasteiger partial charge in [0.05, 0.1) is 24.1 Å². The number of carbonyl (C=O) groups excluding carboxylic acids is 3. The van der Waals surface area contributed by atoms with Gasteiger partial charge in [-0.05, 0) is 50.8 Å². The summed E-state index contributed by atoms with van der Waals surface area (Å²) in [6.45, 7) is 2.79. The average molecular weight is 458 g/mol. The molecule has 1 saturated carbocycles. The fraction of sp³-hybridized carbons (Fsp3) is 0.640. The fourth-order valence-electron chi connectivity index (χ4n) is 5.19. The summed E-state index contributed by atoms with van der Waals surface area (Å²) in [6, 6.07) is 5.12. The summed E-state index contributed by atoms with van der Waals surface area (Å²) in [4.78, 5) is 39.7. The number of benzene rings is 1. The zero-order chi connectivity index (χ0) is 23.4. The first-order valence-electron chi connectivity index (χ1n) is 12.2. The van der Waals surface area contributed by atoms with Crippen LogP contribution in [0.4, 0.5) is 5.69 Å². The predicted molar refractivity (Wildman–Crippen MR) is 124 cm³/mol. The summed E-state index contributed by atoms with van der Waals surface area (Å²) in [5, 5.41) is 5.81. The van der Waals surface area contributed by atoms with Gasteiger partial charge in [-0.15, -0.1) is 0 Å². The Labute approximate surface area is 195 Å². The largest absolute Gasteiger partial charge is 0.490 e. The Hall–Kier alpha value is -2.61. The van der Waals surface area contributed by atoms with E-state index in [4.69, 9.17) is 9.47 Å². The third-order valence-corrected chi connectivity index (χ3v) is 7.04. The van der Waals surface area contributed by atoms with Gasteiger partial charge in [0.15, 0.2) is 0 Å². The normalized spacial score (nSPS) is 25.7. The third kappa shape index (κ3) is 5.49. The zero-order valence-corrected chi connectivity index (χ0v) is 19.6. The summed E-state index contributed by atoms with van der Waals surface area (Å²) in [5.74, 6) is 0.379. The maximum absolute atomic E-state index is 13.3. The maximum atomic E-state index is 13.3. The van der Waals surface area contributed by atoms with Gasteiger partial charge in [0.25, 0.3) is 5.91 Å². The molecule has 1 aromatic carbocycles. The standard InChI is InChI=1S/C25H35N3O5/c1-3-26-23(29)14-18-10-11-20-22(33-18)15-32-21-12-9-17(13-19(21)25(31)28(20)2)27-24(30)16-7-5-4-6-8-16/h9,12-13,16,18,20,22H,3-8,10-11,14-15H2,1-2H3,(H,26,29)(H,27,30)/t18-,20-,22-/m0/s1. The van der Waals surface area contributed by atoms with Crippen molar-refractivity contribution in [2.45, 2.75) is 76.5 Å². The lowest BCUT2D eigenvalue weighted by atomic mass is 9.88. The molecule has 2 aliphatic heterocycles. The van der Waals surface area contributed by atoms with E-state index in [1.54, 1.807) is 30.1 Å². The molecular weight excluding hydrogens is 422 g/mol. The molecule has 1 aliphatic carbocycles. The highest BCUT2D eigenvalue weighted by atomic mass is 16.5. The molecular formula is C25H35N3O5. The van der Waals surface area contributed by atoms with E-state index in [1.807, 2.05) is 6.92 Å². The van der Waals surface area contributed by atoms with Gasteiger partial charge in [0.1, 0.15) is 18.5 Å². The smallest absolute Gasteiger partial charge is 0.257 e. The second-order valence-corrected chi connectivity index (χ2v) is 9.36. The first-order valence-corrected chi connectivity index (χ1v) is 12.2. The van der Waals surface area contributed by atoms with Crippen LogP contribution in [0, 0.1) is 5.92 Å². The lowest BCUT2D eigenvalue weighted by Gasteiger charge is -2.42. The molecule has 2 fully saturated rings. The third-order valence-electron chi connectivity index (χ3n) is 7.04. The summed E-state index contributed by atoms with van der Waals surface area (Å²) in [6.07, 6.45) is 6.51. The van der Waals surface area contributed by atoms with Gasteiger partial charge in [0, 0.05) is 25.2 Å². The van der Waals surface area contributed by atoms with Gasteiger partial charge in [-0.25, -0.2) is 0 Å². The van der Waals surface area contributed by atoms with E-state index in [2.05, 4.69) is 10.6 Å². The minimum Gasteiger partial charge on any atom is -0.490 e. The topological polar surface area (TPSA) is 97.0 Å². The van der Waals surface area contributed by atoms with E-state index in [0.717, 1.165) is 32.1 Å². The highest BCUT2D eigenvalue weighted by Crippen LogP contribution is 2.33. The van der Waals surface area contributed by atoms with Crippen molar-refractivity contribution in [1.29, 1.82) is 0 Å². The Morgan fingerprint density at radius 2 is 1.91 bits per heavy atom. The zero-order valence-electron chi connectivity index (χ0n) is 19.6. The van der Waals surface area contributed by atoms with Crippen LogP contribution in [0.25, 0.3) is 0 Å². The molecule has 0 bridgehead atoms. The van der Waals surface area contributed by atoms with Crippen molar-refractivity contribution in [3.05, 3.63) is 23.8 Å². The van der Waals surface area contributed by atoms with Crippen LogP contribution in [0.2, 0.25) is 0 Å². The molecule has 2 N–H and O–H groups in total. The van der Waals surface area contributed by atoms with Crippen LogP contribution in [-0.4, -0.2) is 61.1 Å². The van der Waals surface area contributed by atoms with Crippen molar-refractivity contribution in [2.24, 2.45) is 5.92 Å². The molecule has 3 amide bonds. The van der Waals surface area contributed by atoms with Crippen molar-refractivity contribution >= 4 is 23.4 Å². The summed E-state index contributed by atoms with van der Waals surface area (Å²) >= 11 is 0. The van der Waals surface area contributed by atoms with E-state index in [0.29, 0.717) is 43.0 Å². The molecule has 1 aromatic rings. The van der Waals surface area contributed by atoms with E-state index in [9.17, 15) is 14.4 Å². The van der Waals surface area contributed by atoms with Crippen LogP contribution < -0.4 is 15.4 Å². The second-order valence-electron chi connectivity index (χ2n) is 9.36. The van der Waals surface area contributed by atoms with Crippen molar-refractivity contribution in [3.8, 4) is 5.75 Å². The molecule has 0 unspecified atom stereocenters. The number of hydrogen-bond acceptors (Lipinski definition) is 5. The molecule has 8 heteroatoms. The first-order chi connectivity index (χ1) is 16.0. The summed E-state index contributed by atoms with van der Waals surface area (Å²) in [7, 11) is 1.79. The molecule has 3 atom stereocenters. The quantitative estimate of drug-likeness (QED) is 0.708.